The average Bonchev–Trinajstić information content (AvgIpc) is 3.41. The number of cyclic esters (lactones) is 1. The van der Waals surface area contributed by atoms with Crippen LogP contribution in [0.25, 0.3) is 0 Å². The van der Waals surface area contributed by atoms with E-state index in [0.29, 0.717) is 45.7 Å². The molecule has 5 aliphatic heterocycles. The van der Waals surface area contributed by atoms with Crippen molar-refractivity contribution in [2.75, 3.05) is 88.2 Å². The van der Waals surface area contributed by atoms with Crippen molar-refractivity contribution in [1.82, 2.24) is 0 Å². The third kappa shape index (κ3) is 12.5. The lowest BCUT2D eigenvalue weighted by molar-refractivity contribution is -0.328. The molecular formula is C26H46O13S5. The highest BCUT2D eigenvalue weighted by molar-refractivity contribution is 8.18. The number of thioether (sulfide) groups is 5. The van der Waals surface area contributed by atoms with E-state index in [2.05, 4.69) is 0 Å². The van der Waals surface area contributed by atoms with Crippen LogP contribution >= 0.6 is 58.8 Å². The molecule has 13 nitrogen and oxygen atoms in total. The van der Waals surface area contributed by atoms with Gasteiger partial charge in [0.2, 0.25) is 0 Å². The van der Waals surface area contributed by atoms with Gasteiger partial charge in [0.1, 0.15) is 24.9 Å². The van der Waals surface area contributed by atoms with Gasteiger partial charge in [-0.05, 0) is 55.0 Å². The maximum absolute atomic E-state index is 11.4. The highest BCUT2D eigenvalue weighted by atomic mass is 32.2. The van der Waals surface area contributed by atoms with Gasteiger partial charge in [-0.15, -0.1) is 23.5 Å². The Labute approximate surface area is 280 Å². The highest BCUT2D eigenvalue weighted by Crippen LogP contribution is 2.38. The number of rotatable bonds is 14. The van der Waals surface area contributed by atoms with Gasteiger partial charge in [0.15, 0.2) is 4.08 Å². The number of ether oxygens (including phenoxy) is 6. The largest absolute Gasteiger partial charge is 0.480 e. The van der Waals surface area contributed by atoms with Crippen molar-refractivity contribution in [3.8, 4) is 0 Å². The number of hydrogen-bond donors (Lipinski definition) is 4. The van der Waals surface area contributed by atoms with Gasteiger partial charge in [-0.2, -0.15) is 35.3 Å². The van der Waals surface area contributed by atoms with Crippen molar-refractivity contribution >= 4 is 76.7 Å². The predicted octanol–water partition coefficient (Wildman–Crippen LogP) is 1.39. The van der Waals surface area contributed by atoms with Gasteiger partial charge < -0.3 is 48.8 Å². The Morgan fingerprint density at radius 1 is 0.818 bits per heavy atom. The van der Waals surface area contributed by atoms with E-state index in [-0.39, 0.29) is 37.4 Å². The molecule has 2 unspecified atom stereocenters. The lowest BCUT2D eigenvalue weighted by atomic mass is 10.1. The molecule has 5 aliphatic rings. The molecule has 18 heteroatoms. The minimum absolute atomic E-state index is 0.0560. The van der Waals surface area contributed by atoms with Crippen LogP contribution in [0.15, 0.2) is 0 Å². The first-order chi connectivity index (χ1) is 21.0. The number of carboxylic acid groups (broad SMARTS) is 1. The van der Waals surface area contributed by atoms with E-state index in [1.165, 1.54) is 23.5 Å². The summed E-state index contributed by atoms with van der Waals surface area (Å²) in [7, 11) is 0. The molecule has 0 saturated carbocycles. The van der Waals surface area contributed by atoms with E-state index in [4.69, 9.17) is 48.8 Å². The van der Waals surface area contributed by atoms with E-state index >= 15 is 0 Å². The summed E-state index contributed by atoms with van der Waals surface area (Å²) in [6.07, 6.45) is 10.3. The Bertz CT molecular complexity index is 832. The van der Waals surface area contributed by atoms with Gasteiger partial charge >= 0.3 is 17.9 Å². The molecule has 5 heterocycles. The standard InChI is InChI=1S/2C8H12O4S.C7H14O2S3.C3H8O3/c1-13-3-2-8-7(9)12-6(4-10-8)5-11-8;1-13-3-2-8-7(9)10-4-6(12-8)5-11-8;1-10-5-4-7(11-2,12-3)6(8)9;4-1-3(6)2-5/h2*6H,2-5H2,1H3;4-5H2,1-3H3,(H,8,9);3-6H,1-2H2. The van der Waals surface area contributed by atoms with Gasteiger partial charge in [0.25, 0.3) is 11.6 Å². The average molecular weight is 727 g/mol. The Kier molecular flexibility index (Phi) is 20.7. The summed E-state index contributed by atoms with van der Waals surface area (Å²) in [5, 5.41) is 33.0. The number of carbonyl (C=O) groups is 3. The second kappa shape index (κ2) is 21.7. The molecule has 0 aromatic carbocycles. The summed E-state index contributed by atoms with van der Waals surface area (Å²) in [5.74, 6) is -1.03. The molecule has 0 spiro atoms. The SMILES string of the molecule is CSCCC(SC)(SC)C(=O)O.CSCCC12OCC(CO1)OC2=O.CSCCC12OCC(COC1=O)O2.OCC(O)CO. The highest BCUT2D eigenvalue weighted by Gasteiger charge is 2.53. The van der Waals surface area contributed by atoms with Crippen LogP contribution < -0.4 is 0 Å². The molecule has 5 fully saturated rings. The van der Waals surface area contributed by atoms with Crippen LogP contribution in [0.1, 0.15) is 19.3 Å². The Hall–Kier alpha value is -0.120. The normalized spacial score (nSPS) is 26.8. The van der Waals surface area contributed by atoms with E-state index in [0.717, 1.165) is 17.3 Å². The monoisotopic (exact) mass is 726 g/mol. The van der Waals surface area contributed by atoms with E-state index in [9.17, 15) is 14.4 Å². The molecule has 2 atom stereocenters. The quantitative estimate of drug-likeness (QED) is 0.148. The van der Waals surface area contributed by atoms with E-state index < -0.39 is 27.7 Å². The molecule has 4 bridgehead atoms. The van der Waals surface area contributed by atoms with Crippen molar-refractivity contribution in [2.24, 2.45) is 0 Å². The van der Waals surface area contributed by atoms with Gasteiger partial charge in [0, 0.05) is 12.8 Å². The van der Waals surface area contributed by atoms with Crippen molar-refractivity contribution in [2.45, 2.75) is 53.2 Å². The summed E-state index contributed by atoms with van der Waals surface area (Å²) in [6.45, 7) is 1.02. The first-order valence-corrected chi connectivity index (χ1v) is 20.3. The number of aliphatic hydroxyl groups is 3. The van der Waals surface area contributed by atoms with Crippen LogP contribution in [-0.4, -0.2) is 160 Å². The van der Waals surface area contributed by atoms with Crippen molar-refractivity contribution in [3.63, 3.8) is 0 Å². The maximum atomic E-state index is 11.4. The molecule has 5 saturated heterocycles. The molecule has 0 aromatic rings. The minimum Gasteiger partial charge on any atom is -0.480 e. The summed E-state index contributed by atoms with van der Waals surface area (Å²) < 4.78 is 31.0. The summed E-state index contributed by atoms with van der Waals surface area (Å²) >= 11 is 7.84. The van der Waals surface area contributed by atoms with Crippen LogP contribution in [0, 0.1) is 0 Å². The Morgan fingerprint density at radius 2 is 1.32 bits per heavy atom. The van der Waals surface area contributed by atoms with Crippen molar-refractivity contribution < 1.29 is 63.2 Å². The second-order valence-electron chi connectivity index (χ2n) is 9.52. The number of aliphatic hydroxyl groups excluding tert-OH is 3. The van der Waals surface area contributed by atoms with Gasteiger partial charge in [0.05, 0.1) is 33.0 Å². The van der Waals surface area contributed by atoms with E-state index in [1.807, 2.05) is 31.3 Å². The molecule has 0 radical (unpaired) electrons. The molecule has 5 rings (SSSR count). The zero-order valence-electron chi connectivity index (χ0n) is 25.7. The number of esters is 2. The van der Waals surface area contributed by atoms with Crippen LogP contribution in [0.5, 0.6) is 0 Å². The Balaban J connectivity index is 0.000000303. The van der Waals surface area contributed by atoms with Gasteiger partial charge in [-0.25, -0.2) is 14.4 Å². The van der Waals surface area contributed by atoms with Crippen LogP contribution in [0.3, 0.4) is 0 Å². The summed E-state index contributed by atoms with van der Waals surface area (Å²) in [4.78, 5) is 33.7. The molecule has 0 amide bonds. The fourth-order valence-corrected chi connectivity index (χ4v) is 7.16. The molecule has 258 valence electrons. The summed E-state index contributed by atoms with van der Waals surface area (Å²) in [5.41, 5.74) is 0. The zero-order chi connectivity index (χ0) is 33.2. The Morgan fingerprint density at radius 3 is 1.75 bits per heavy atom. The molecular weight excluding hydrogens is 681 g/mol. The second-order valence-corrected chi connectivity index (χ2v) is 14.9. The molecule has 44 heavy (non-hydrogen) atoms. The molecule has 0 aliphatic carbocycles. The first-order valence-electron chi connectivity index (χ1n) is 13.7. The first kappa shape index (κ1) is 41.9. The fourth-order valence-electron chi connectivity index (χ4n) is 3.82. The fraction of sp³-hybridized carbons (Fsp3) is 0.885. The third-order valence-electron chi connectivity index (χ3n) is 6.47. The van der Waals surface area contributed by atoms with Crippen LogP contribution in [-0.2, 0) is 42.8 Å². The van der Waals surface area contributed by atoms with Crippen LogP contribution in [0.2, 0.25) is 0 Å². The van der Waals surface area contributed by atoms with Gasteiger partial charge in [-0.1, -0.05) is 0 Å². The third-order valence-corrected chi connectivity index (χ3v) is 11.4. The predicted molar refractivity (Wildman–Crippen MR) is 176 cm³/mol. The van der Waals surface area contributed by atoms with Crippen LogP contribution in [0.4, 0.5) is 0 Å². The lowest BCUT2D eigenvalue weighted by Crippen LogP contribution is -2.60. The number of fused-ring (bicyclic) bond motifs is 5. The number of hydrogen-bond acceptors (Lipinski definition) is 17. The van der Waals surface area contributed by atoms with Crippen molar-refractivity contribution in [1.29, 1.82) is 0 Å². The number of carboxylic acids is 1. The lowest BCUT2D eigenvalue weighted by Gasteiger charge is -2.43. The smallest absolute Gasteiger partial charge is 0.367 e. The number of carbonyl (C=O) groups excluding carboxylic acids is 2. The molecule has 0 aromatic heterocycles. The molecule has 4 N–H and O–H groups in total. The maximum Gasteiger partial charge on any atom is 0.367 e. The number of aliphatic carboxylic acids is 1. The van der Waals surface area contributed by atoms with Crippen molar-refractivity contribution in [3.05, 3.63) is 0 Å². The van der Waals surface area contributed by atoms with E-state index in [1.54, 1.807) is 35.3 Å². The topological polar surface area (TPSA) is 188 Å². The minimum atomic E-state index is -1.09. The zero-order valence-corrected chi connectivity index (χ0v) is 29.8. The van der Waals surface area contributed by atoms with Gasteiger partial charge in [-0.3, -0.25) is 0 Å². The summed E-state index contributed by atoms with van der Waals surface area (Å²) in [6, 6.07) is 0.